The first-order valence-electron chi connectivity index (χ1n) is 8.39. The second-order valence-corrected chi connectivity index (χ2v) is 6.72. The van der Waals surface area contributed by atoms with E-state index in [4.69, 9.17) is 19.2 Å². The van der Waals surface area contributed by atoms with Crippen LogP contribution in [0.25, 0.3) is 0 Å². The van der Waals surface area contributed by atoms with Crippen molar-refractivity contribution < 1.29 is 32.3 Å². The highest BCUT2D eigenvalue weighted by molar-refractivity contribution is 5.73. The topological polar surface area (TPSA) is 114 Å². The zero-order valence-corrected chi connectivity index (χ0v) is 14.9. The summed E-state index contributed by atoms with van der Waals surface area (Å²) in [5, 5.41) is 11.0. The third kappa shape index (κ3) is 4.38. The largest absolute Gasteiger partial charge is 0.490 e. The van der Waals surface area contributed by atoms with Gasteiger partial charge in [-0.2, -0.15) is 18.2 Å². The van der Waals surface area contributed by atoms with Crippen molar-refractivity contribution in [2.45, 2.75) is 19.5 Å². The number of aromatic nitrogens is 4. The minimum atomic E-state index is -5.08. The van der Waals surface area contributed by atoms with Gasteiger partial charge in [-0.15, -0.1) is 0 Å². The number of nitrogens with zero attached hydrogens (tertiary/aromatic N) is 5. The van der Waals surface area contributed by atoms with Gasteiger partial charge >= 0.3 is 12.1 Å². The molecule has 0 aliphatic carbocycles. The zero-order chi connectivity index (χ0) is 20.4. The maximum absolute atomic E-state index is 10.6. The number of rotatable bonds is 3. The molecule has 9 nitrogen and oxygen atoms in total. The van der Waals surface area contributed by atoms with Crippen LogP contribution in [-0.4, -0.2) is 63.7 Å². The summed E-state index contributed by atoms with van der Waals surface area (Å²) in [4.78, 5) is 24.2. The second-order valence-electron chi connectivity index (χ2n) is 6.72. The summed E-state index contributed by atoms with van der Waals surface area (Å²) in [5.74, 6) is -0.147. The average Bonchev–Trinajstić information content (AvgIpc) is 3.29. The van der Waals surface area contributed by atoms with Crippen molar-refractivity contribution >= 4 is 11.9 Å². The van der Waals surface area contributed by atoms with Crippen LogP contribution in [0.5, 0.6) is 0 Å². The molecule has 28 heavy (non-hydrogen) atoms. The number of hydrogen-bond acceptors (Lipinski definition) is 8. The maximum atomic E-state index is 10.6. The number of carboxylic acid groups (broad SMARTS) is 1. The smallest absolute Gasteiger partial charge is 0.475 e. The van der Waals surface area contributed by atoms with Crippen molar-refractivity contribution in [3.05, 3.63) is 30.2 Å². The molecular formula is C16H18F3N5O4. The molecule has 2 atom stereocenters. The van der Waals surface area contributed by atoms with Gasteiger partial charge in [-0.3, -0.25) is 0 Å². The molecule has 2 fully saturated rings. The summed E-state index contributed by atoms with van der Waals surface area (Å²) in [7, 11) is 0. The molecule has 0 unspecified atom stereocenters. The third-order valence-corrected chi connectivity index (χ3v) is 4.67. The molecule has 2 aliphatic rings. The van der Waals surface area contributed by atoms with Crippen molar-refractivity contribution in [3.8, 4) is 0 Å². The monoisotopic (exact) mass is 401 g/mol. The van der Waals surface area contributed by atoms with Crippen LogP contribution in [0.3, 0.4) is 0 Å². The van der Waals surface area contributed by atoms with E-state index >= 15 is 0 Å². The molecule has 0 amide bonds. The Kier molecular flexibility index (Phi) is 5.49. The van der Waals surface area contributed by atoms with Crippen LogP contribution in [0, 0.1) is 18.3 Å². The number of carbonyl (C=O) groups is 1. The van der Waals surface area contributed by atoms with Crippen molar-refractivity contribution in [2.24, 2.45) is 11.3 Å². The van der Waals surface area contributed by atoms with E-state index in [2.05, 4.69) is 25.0 Å². The van der Waals surface area contributed by atoms with Gasteiger partial charge in [-0.05, 0) is 13.0 Å². The van der Waals surface area contributed by atoms with Gasteiger partial charge in [0.05, 0.1) is 13.2 Å². The molecule has 0 bridgehead atoms. The molecule has 4 heterocycles. The lowest BCUT2D eigenvalue weighted by Crippen LogP contribution is -2.33. The summed E-state index contributed by atoms with van der Waals surface area (Å²) in [6.07, 6.45) is -0.774. The van der Waals surface area contributed by atoms with Gasteiger partial charge in [0.2, 0.25) is 11.8 Å². The highest BCUT2D eigenvalue weighted by Gasteiger charge is 2.52. The normalized spacial score (nSPS) is 23.9. The van der Waals surface area contributed by atoms with E-state index < -0.39 is 12.1 Å². The fourth-order valence-electron chi connectivity index (χ4n) is 3.40. The van der Waals surface area contributed by atoms with Crippen molar-refractivity contribution in [1.82, 2.24) is 20.1 Å². The minimum Gasteiger partial charge on any atom is -0.475 e. The number of ether oxygens (including phenoxy) is 1. The molecule has 152 valence electrons. The molecule has 0 spiro atoms. The van der Waals surface area contributed by atoms with E-state index in [0.29, 0.717) is 17.6 Å². The van der Waals surface area contributed by atoms with Crippen LogP contribution >= 0.6 is 0 Å². The molecule has 0 radical (unpaired) electrons. The van der Waals surface area contributed by atoms with Gasteiger partial charge < -0.3 is 19.3 Å². The molecule has 2 aromatic heterocycles. The van der Waals surface area contributed by atoms with E-state index in [9.17, 15) is 13.2 Å². The Balaban J connectivity index is 0.000000279. The van der Waals surface area contributed by atoms with Gasteiger partial charge in [-0.1, -0.05) is 5.16 Å². The molecular weight excluding hydrogens is 383 g/mol. The van der Waals surface area contributed by atoms with E-state index in [-0.39, 0.29) is 5.41 Å². The van der Waals surface area contributed by atoms with Gasteiger partial charge in [0.15, 0.2) is 5.82 Å². The summed E-state index contributed by atoms with van der Waals surface area (Å²) >= 11 is 0. The molecule has 2 aliphatic heterocycles. The fraction of sp³-hybridized carbons (Fsp3) is 0.562. The predicted octanol–water partition coefficient (Wildman–Crippen LogP) is 1.50. The first kappa shape index (κ1) is 20.0. The second kappa shape index (κ2) is 7.70. The van der Waals surface area contributed by atoms with E-state index in [1.54, 1.807) is 12.4 Å². The van der Waals surface area contributed by atoms with E-state index in [1.165, 1.54) is 0 Å². The van der Waals surface area contributed by atoms with Crippen LogP contribution in [0.4, 0.5) is 19.1 Å². The minimum absolute atomic E-state index is 0.0260. The van der Waals surface area contributed by atoms with Gasteiger partial charge in [0.25, 0.3) is 0 Å². The molecule has 1 N–H and O–H groups in total. The quantitative estimate of drug-likeness (QED) is 0.817. The fourth-order valence-corrected chi connectivity index (χ4v) is 3.40. The zero-order valence-electron chi connectivity index (χ0n) is 14.9. The van der Waals surface area contributed by atoms with Crippen LogP contribution in [0.2, 0.25) is 0 Å². The third-order valence-electron chi connectivity index (χ3n) is 4.67. The first-order valence-corrected chi connectivity index (χ1v) is 8.39. The Morgan fingerprint density at radius 3 is 2.64 bits per heavy atom. The molecule has 2 saturated heterocycles. The van der Waals surface area contributed by atoms with Gasteiger partial charge in [-0.25, -0.2) is 14.8 Å². The molecule has 0 saturated carbocycles. The van der Waals surface area contributed by atoms with Gasteiger partial charge in [0.1, 0.15) is 0 Å². The molecule has 0 aromatic carbocycles. The molecule has 12 heteroatoms. The number of alkyl halides is 3. The lowest BCUT2D eigenvalue weighted by Gasteiger charge is -2.25. The number of aliphatic carboxylic acids is 1. The number of fused-ring (bicyclic) bond motifs is 1. The highest BCUT2D eigenvalue weighted by Crippen LogP contribution is 2.44. The average molecular weight is 401 g/mol. The van der Waals surface area contributed by atoms with Crippen molar-refractivity contribution in [3.63, 3.8) is 0 Å². The maximum Gasteiger partial charge on any atom is 0.490 e. The Morgan fingerprint density at radius 1 is 1.39 bits per heavy atom. The summed E-state index contributed by atoms with van der Waals surface area (Å²) < 4.78 is 42.8. The van der Waals surface area contributed by atoms with E-state index in [0.717, 1.165) is 38.7 Å². The Hall–Kier alpha value is -2.76. The Morgan fingerprint density at radius 2 is 2.07 bits per heavy atom. The summed E-state index contributed by atoms with van der Waals surface area (Å²) in [6, 6.07) is 1.83. The van der Waals surface area contributed by atoms with Crippen molar-refractivity contribution in [1.29, 1.82) is 0 Å². The highest BCUT2D eigenvalue weighted by atomic mass is 19.4. The number of aryl methyl sites for hydroxylation is 1. The lowest BCUT2D eigenvalue weighted by molar-refractivity contribution is -0.192. The number of hydrogen-bond donors (Lipinski definition) is 1. The van der Waals surface area contributed by atoms with Crippen LogP contribution < -0.4 is 4.90 Å². The summed E-state index contributed by atoms with van der Waals surface area (Å²) in [6.45, 7) is 5.12. The molecule has 2 aromatic rings. The first-order chi connectivity index (χ1) is 13.2. The van der Waals surface area contributed by atoms with Crippen LogP contribution in [0.1, 0.15) is 11.7 Å². The Bertz CT molecular complexity index is 816. The van der Waals surface area contributed by atoms with Crippen LogP contribution in [-0.2, 0) is 16.0 Å². The standard InChI is InChI=1S/C14H17N5O2.C2HF3O2/c1-10-17-12(21-18-10)5-14-8-19(6-11(14)7-20-9-14)13-15-3-2-4-16-13;3-2(4,5)1(6)7/h2-4,11H,5-9H2,1H3;(H,6,7)/t11-,14+;/m1./s1. The molecule has 4 rings (SSSR count). The Labute approximate surface area is 157 Å². The predicted molar refractivity (Wildman–Crippen MR) is 87.4 cm³/mol. The number of carboxylic acids is 1. The van der Waals surface area contributed by atoms with Crippen molar-refractivity contribution in [2.75, 3.05) is 31.2 Å². The lowest BCUT2D eigenvalue weighted by atomic mass is 9.78. The van der Waals surface area contributed by atoms with E-state index in [1.807, 2.05) is 13.0 Å². The SMILES string of the molecule is Cc1noc(C[C@]23COC[C@H]2CN(c2ncccn2)C3)n1.O=C(O)C(F)(F)F. The summed E-state index contributed by atoms with van der Waals surface area (Å²) in [5.41, 5.74) is 0.0260. The number of halogens is 3. The number of anilines is 1. The van der Waals surface area contributed by atoms with Gasteiger partial charge in [0, 0.05) is 43.2 Å². The van der Waals surface area contributed by atoms with Crippen LogP contribution in [0.15, 0.2) is 23.0 Å².